The Balaban J connectivity index is 1.29. The summed E-state index contributed by atoms with van der Waals surface area (Å²) in [4.78, 5) is 15.1. The lowest BCUT2D eigenvalue weighted by atomic mass is 9.66. The van der Waals surface area contributed by atoms with Crippen molar-refractivity contribution >= 4 is 11.0 Å². The number of ether oxygens (including phenoxy) is 1. The summed E-state index contributed by atoms with van der Waals surface area (Å²) in [7, 11) is 0. The SMILES string of the molecule is c1ccc(-c2nc(-c3ccccc3)nc(-c3ccc4c(c3)C3(c5ccccc5Oc5ccccc53)c3ccc5occc5c3-4)n2)cc1. The molecule has 1 aliphatic carbocycles. The van der Waals surface area contributed by atoms with Gasteiger partial charge in [-0.3, -0.25) is 0 Å². The second-order valence-corrected chi connectivity index (χ2v) is 12.0. The molecule has 6 aromatic carbocycles. The minimum atomic E-state index is -0.630. The van der Waals surface area contributed by atoms with Crippen LogP contribution < -0.4 is 4.74 Å². The summed E-state index contributed by atoms with van der Waals surface area (Å²) in [5, 5.41) is 1.09. The fraction of sp³-hybridized carbons (Fsp3) is 0.0238. The summed E-state index contributed by atoms with van der Waals surface area (Å²) < 4.78 is 12.5. The Kier molecular flexibility index (Phi) is 5.43. The molecule has 220 valence electrons. The summed E-state index contributed by atoms with van der Waals surface area (Å²) in [5.74, 6) is 3.58. The molecule has 0 unspecified atom stereocenters. The van der Waals surface area contributed by atoms with Crippen LogP contribution >= 0.6 is 0 Å². The number of aromatic nitrogens is 3. The van der Waals surface area contributed by atoms with Crippen LogP contribution in [0.1, 0.15) is 22.3 Å². The van der Waals surface area contributed by atoms with E-state index in [9.17, 15) is 0 Å². The average Bonchev–Trinajstić information content (AvgIpc) is 3.74. The van der Waals surface area contributed by atoms with Crippen molar-refractivity contribution in [1.29, 1.82) is 0 Å². The molecule has 47 heavy (non-hydrogen) atoms. The molecule has 0 N–H and O–H groups in total. The Morgan fingerprint density at radius 3 is 1.66 bits per heavy atom. The highest BCUT2D eigenvalue weighted by Crippen LogP contribution is 2.63. The molecule has 0 fully saturated rings. The lowest BCUT2D eigenvalue weighted by molar-refractivity contribution is 0.436. The zero-order chi connectivity index (χ0) is 31.0. The van der Waals surface area contributed by atoms with Gasteiger partial charge in [-0.25, -0.2) is 15.0 Å². The molecule has 10 rings (SSSR count). The molecule has 2 aliphatic rings. The zero-order valence-corrected chi connectivity index (χ0v) is 25.1. The minimum absolute atomic E-state index is 0.619. The molecule has 2 aromatic heterocycles. The Morgan fingerprint density at radius 2 is 1.02 bits per heavy atom. The van der Waals surface area contributed by atoms with E-state index in [0.717, 1.165) is 61.4 Å². The van der Waals surface area contributed by atoms with Gasteiger partial charge in [-0.2, -0.15) is 0 Å². The van der Waals surface area contributed by atoms with Gasteiger partial charge in [-0.1, -0.05) is 115 Å². The summed E-state index contributed by atoms with van der Waals surface area (Å²) in [6.45, 7) is 0. The first kappa shape index (κ1) is 25.9. The van der Waals surface area contributed by atoms with Crippen molar-refractivity contribution in [1.82, 2.24) is 15.0 Å². The first-order valence-electron chi connectivity index (χ1n) is 15.7. The van der Waals surface area contributed by atoms with Gasteiger partial charge in [0, 0.05) is 33.2 Å². The Bertz CT molecular complexity index is 2400. The Morgan fingerprint density at radius 1 is 0.447 bits per heavy atom. The normalized spacial score (nSPS) is 13.4. The monoisotopic (exact) mass is 603 g/mol. The number of para-hydroxylation sites is 2. The topological polar surface area (TPSA) is 61.0 Å². The first-order chi connectivity index (χ1) is 23.3. The van der Waals surface area contributed by atoms with E-state index in [4.69, 9.17) is 24.1 Å². The summed E-state index contributed by atoms with van der Waals surface area (Å²) in [6, 6.07) is 50.0. The molecule has 0 atom stereocenters. The molecule has 3 heterocycles. The van der Waals surface area contributed by atoms with Gasteiger partial charge >= 0.3 is 0 Å². The predicted octanol–water partition coefficient (Wildman–Crippen LogP) is 10.1. The summed E-state index contributed by atoms with van der Waals surface area (Å²) >= 11 is 0. The molecule has 5 nitrogen and oxygen atoms in total. The standard InChI is InChI=1S/C42H25N3O2/c1-3-11-26(12-4-1)39-43-40(27-13-5-2-6-14-27)45-41(44-39)28-19-20-29-34(25-28)42(33-21-22-35-30(38(29)33)23-24-46-35)31-15-7-9-17-36(31)47-37-18-10-8-16-32(37)42/h1-25H. The van der Waals surface area contributed by atoms with Crippen molar-refractivity contribution < 1.29 is 9.15 Å². The molecular formula is C42H25N3O2. The smallest absolute Gasteiger partial charge is 0.164 e. The van der Waals surface area contributed by atoms with E-state index in [2.05, 4.69) is 72.8 Å². The molecule has 1 aliphatic heterocycles. The van der Waals surface area contributed by atoms with Crippen LogP contribution in [0.2, 0.25) is 0 Å². The highest BCUT2D eigenvalue weighted by atomic mass is 16.5. The largest absolute Gasteiger partial charge is 0.464 e. The van der Waals surface area contributed by atoms with Gasteiger partial charge in [0.1, 0.15) is 17.1 Å². The van der Waals surface area contributed by atoms with Gasteiger partial charge in [0.2, 0.25) is 0 Å². The van der Waals surface area contributed by atoms with Gasteiger partial charge in [-0.05, 0) is 52.6 Å². The van der Waals surface area contributed by atoms with E-state index in [-0.39, 0.29) is 0 Å². The van der Waals surface area contributed by atoms with Crippen molar-refractivity contribution in [2.24, 2.45) is 0 Å². The van der Waals surface area contributed by atoms with Crippen LogP contribution in [-0.2, 0) is 5.41 Å². The van der Waals surface area contributed by atoms with Crippen LogP contribution in [-0.4, -0.2) is 15.0 Å². The number of hydrogen-bond donors (Lipinski definition) is 0. The predicted molar refractivity (Wildman–Crippen MR) is 183 cm³/mol. The molecule has 0 bridgehead atoms. The molecule has 1 spiro atoms. The van der Waals surface area contributed by atoms with Gasteiger partial charge in [-0.15, -0.1) is 0 Å². The third-order valence-corrected chi connectivity index (χ3v) is 9.49. The average molecular weight is 604 g/mol. The van der Waals surface area contributed by atoms with E-state index in [1.807, 2.05) is 72.8 Å². The highest BCUT2D eigenvalue weighted by molar-refractivity contribution is 6.03. The maximum absolute atomic E-state index is 6.56. The number of nitrogens with zero attached hydrogens (tertiary/aromatic N) is 3. The van der Waals surface area contributed by atoms with Crippen molar-refractivity contribution in [3.8, 4) is 56.8 Å². The molecule has 0 amide bonds. The van der Waals surface area contributed by atoms with Crippen molar-refractivity contribution in [2.75, 3.05) is 0 Å². The quantitative estimate of drug-likeness (QED) is 0.201. The van der Waals surface area contributed by atoms with Gasteiger partial charge in [0.05, 0.1) is 11.7 Å². The fourth-order valence-corrected chi connectivity index (χ4v) is 7.52. The Hall–Kier alpha value is -6.33. The molecule has 0 radical (unpaired) electrons. The molecule has 0 saturated heterocycles. The van der Waals surface area contributed by atoms with Crippen LogP contribution in [0.3, 0.4) is 0 Å². The lowest BCUT2D eigenvalue weighted by Gasteiger charge is -2.39. The molecule has 5 heteroatoms. The first-order valence-corrected chi connectivity index (χ1v) is 15.7. The number of rotatable bonds is 3. The second kappa shape index (κ2) is 9.83. The zero-order valence-electron chi connectivity index (χ0n) is 25.1. The third-order valence-electron chi connectivity index (χ3n) is 9.49. The van der Waals surface area contributed by atoms with Crippen LogP contribution in [0.25, 0.3) is 56.3 Å². The van der Waals surface area contributed by atoms with Crippen molar-refractivity contribution in [3.05, 3.63) is 174 Å². The molecular weight excluding hydrogens is 578 g/mol. The van der Waals surface area contributed by atoms with Crippen molar-refractivity contribution in [2.45, 2.75) is 5.41 Å². The number of hydrogen-bond acceptors (Lipinski definition) is 5. The van der Waals surface area contributed by atoms with E-state index in [0.29, 0.717) is 17.5 Å². The van der Waals surface area contributed by atoms with Gasteiger partial charge in [0.25, 0.3) is 0 Å². The van der Waals surface area contributed by atoms with Crippen LogP contribution in [0.15, 0.2) is 156 Å². The maximum atomic E-state index is 6.56. The fourth-order valence-electron chi connectivity index (χ4n) is 7.52. The van der Waals surface area contributed by atoms with E-state index in [1.165, 1.54) is 11.1 Å². The number of benzene rings is 6. The summed E-state index contributed by atoms with van der Waals surface area (Å²) in [5.41, 5.74) is 9.92. The molecule has 8 aromatic rings. The number of furan rings is 1. The van der Waals surface area contributed by atoms with Crippen molar-refractivity contribution in [3.63, 3.8) is 0 Å². The van der Waals surface area contributed by atoms with E-state index >= 15 is 0 Å². The van der Waals surface area contributed by atoms with E-state index < -0.39 is 5.41 Å². The second-order valence-electron chi connectivity index (χ2n) is 12.0. The van der Waals surface area contributed by atoms with Gasteiger partial charge in [0.15, 0.2) is 17.5 Å². The maximum Gasteiger partial charge on any atom is 0.164 e. The van der Waals surface area contributed by atoms with Gasteiger partial charge < -0.3 is 9.15 Å². The van der Waals surface area contributed by atoms with Crippen LogP contribution in [0.5, 0.6) is 11.5 Å². The minimum Gasteiger partial charge on any atom is -0.464 e. The number of fused-ring (bicyclic) bond motifs is 11. The summed E-state index contributed by atoms with van der Waals surface area (Å²) in [6.07, 6.45) is 1.77. The van der Waals surface area contributed by atoms with Crippen LogP contribution in [0.4, 0.5) is 0 Å². The highest BCUT2D eigenvalue weighted by Gasteiger charge is 2.51. The van der Waals surface area contributed by atoms with E-state index in [1.54, 1.807) is 6.26 Å². The molecule has 0 saturated carbocycles. The Labute approximate surface area is 270 Å². The lowest BCUT2D eigenvalue weighted by Crippen LogP contribution is -2.32. The third kappa shape index (κ3) is 3.68. The van der Waals surface area contributed by atoms with Crippen LogP contribution in [0, 0.1) is 0 Å².